The molecule has 0 radical (unpaired) electrons. The van der Waals surface area contributed by atoms with Gasteiger partial charge < -0.3 is 15.0 Å². The fraction of sp³-hybridized carbons (Fsp3) is 0.389. The van der Waals surface area contributed by atoms with E-state index >= 15 is 0 Å². The van der Waals surface area contributed by atoms with E-state index in [9.17, 15) is 22.8 Å². The van der Waals surface area contributed by atoms with E-state index < -0.39 is 23.7 Å². The lowest BCUT2D eigenvalue weighted by molar-refractivity contribution is -0.136. The number of carbonyl (C=O) groups excluding carboxylic acids is 2. The monoisotopic (exact) mass is 413 g/mol. The maximum Gasteiger partial charge on any atom is 0.418 e. The van der Waals surface area contributed by atoms with Crippen molar-refractivity contribution in [3.8, 4) is 0 Å². The number of anilines is 1. The maximum absolute atomic E-state index is 13.1. The summed E-state index contributed by atoms with van der Waals surface area (Å²) in [7, 11) is 0. The molecule has 1 heterocycles. The number of carbonyl (C=O) groups is 2. The van der Waals surface area contributed by atoms with Crippen LogP contribution in [0.25, 0.3) is 0 Å². The van der Waals surface area contributed by atoms with Crippen LogP contribution in [0, 0.1) is 0 Å². The van der Waals surface area contributed by atoms with Crippen LogP contribution >= 0.6 is 11.3 Å². The highest BCUT2D eigenvalue weighted by atomic mass is 32.1. The number of hydrogen-bond acceptors (Lipinski definition) is 5. The molecule has 1 fully saturated rings. The molecule has 1 saturated carbocycles. The third-order valence-corrected chi connectivity index (χ3v) is 4.90. The summed E-state index contributed by atoms with van der Waals surface area (Å²) in [6, 6.07) is 4.14. The van der Waals surface area contributed by atoms with Gasteiger partial charge in [-0.1, -0.05) is 12.1 Å². The van der Waals surface area contributed by atoms with E-state index in [1.807, 2.05) is 0 Å². The van der Waals surface area contributed by atoms with E-state index in [0.717, 1.165) is 18.9 Å². The number of nitrogens with one attached hydrogen (secondary N) is 1. The number of benzene rings is 1. The van der Waals surface area contributed by atoms with Crippen molar-refractivity contribution in [2.45, 2.75) is 38.5 Å². The van der Waals surface area contributed by atoms with Gasteiger partial charge in [-0.25, -0.2) is 14.6 Å². The van der Waals surface area contributed by atoms with Gasteiger partial charge in [-0.3, -0.25) is 0 Å². The SMILES string of the molecule is CCOC(=O)c1csc(CN(C(=O)Nc2ccccc2C(F)(F)F)C2CC2)n1. The molecule has 0 atom stereocenters. The van der Waals surface area contributed by atoms with Gasteiger partial charge in [0.15, 0.2) is 5.69 Å². The minimum atomic E-state index is -4.57. The first-order chi connectivity index (χ1) is 13.3. The van der Waals surface area contributed by atoms with Gasteiger partial charge in [0.05, 0.1) is 24.4 Å². The highest BCUT2D eigenvalue weighted by Gasteiger charge is 2.36. The zero-order valence-electron chi connectivity index (χ0n) is 15.0. The number of thiazole rings is 1. The minimum absolute atomic E-state index is 0.0620. The average molecular weight is 413 g/mol. The van der Waals surface area contributed by atoms with Gasteiger partial charge in [0, 0.05) is 11.4 Å². The van der Waals surface area contributed by atoms with E-state index in [0.29, 0.717) is 5.01 Å². The number of ether oxygens (including phenoxy) is 1. The number of halogens is 3. The minimum Gasteiger partial charge on any atom is -0.461 e. The van der Waals surface area contributed by atoms with E-state index in [4.69, 9.17) is 4.74 Å². The summed E-state index contributed by atoms with van der Waals surface area (Å²) in [4.78, 5) is 30.0. The summed E-state index contributed by atoms with van der Waals surface area (Å²) in [5, 5.41) is 4.41. The Morgan fingerprint density at radius 1 is 1.32 bits per heavy atom. The molecule has 6 nitrogen and oxygen atoms in total. The Hall–Kier alpha value is -2.62. The number of esters is 1. The van der Waals surface area contributed by atoms with E-state index in [1.54, 1.807) is 6.92 Å². The molecule has 0 saturated heterocycles. The van der Waals surface area contributed by atoms with Gasteiger partial charge in [0.1, 0.15) is 5.01 Å². The van der Waals surface area contributed by atoms with Gasteiger partial charge in [-0.2, -0.15) is 13.2 Å². The number of aromatic nitrogens is 1. The molecule has 150 valence electrons. The largest absolute Gasteiger partial charge is 0.461 e. The fourth-order valence-corrected chi connectivity index (χ4v) is 3.37. The molecular formula is C18H18F3N3O3S. The number of para-hydroxylation sites is 1. The van der Waals surface area contributed by atoms with E-state index in [2.05, 4.69) is 10.3 Å². The Kier molecular flexibility index (Phi) is 5.87. The zero-order chi connectivity index (χ0) is 20.3. The predicted molar refractivity (Wildman–Crippen MR) is 97.1 cm³/mol. The Morgan fingerprint density at radius 3 is 2.68 bits per heavy atom. The number of urea groups is 1. The Morgan fingerprint density at radius 2 is 2.04 bits per heavy atom. The van der Waals surface area contributed by atoms with E-state index in [1.165, 1.54) is 39.8 Å². The molecule has 1 aliphatic carbocycles. The van der Waals surface area contributed by atoms with Crippen LogP contribution in [-0.2, 0) is 17.5 Å². The molecule has 1 aliphatic rings. The lowest BCUT2D eigenvalue weighted by atomic mass is 10.1. The second-order valence-electron chi connectivity index (χ2n) is 6.18. The summed E-state index contributed by atoms with van der Waals surface area (Å²) in [5.74, 6) is -0.550. The molecular weight excluding hydrogens is 395 g/mol. The van der Waals surface area contributed by atoms with Crippen LogP contribution in [0.3, 0.4) is 0 Å². The highest BCUT2D eigenvalue weighted by molar-refractivity contribution is 7.09. The third kappa shape index (κ3) is 4.80. The summed E-state index contributed by atoms with van der Waals surface area (Å²) < 4.78 is 44.3. The molecule has 0 spiro atoms. The van der Waals surface area contributed by atoms with Crippen LogP contribution in [0.2, 0.25) is 0 Å². The van der Waals surface area contributed by atoms with Crippen LogP contribution in [-0.4, -0.2) is 34.5 Å². The number of alkyl halides is 3. The van der Waals surface area contributed by atoms with Crippen molar-refractivity contribution in [3.05, 3.63) is 45.9 Å². The van der Waals surface area contributed by atoms with Crippen molar-refractivity contribution in [2.24, 2.45) is 0 Å². The molecule has 3 rings (SSSR count). The summed E-state index contributed by atoms with van der Waals surface area (Å²) in [6.45, 7) is 2.01. The fourth-order valence-electron chi connectivity index (χ4n) is 2.61. The normalized spacial score (nSPS) is 13.9. The van der Waals surface area contributed by atoms with Crippen LogP contribution < -0.4 is 5.32 Å². The van der Waals surface area contributed by atoms with Crippen molar-refractivity contribution < 1.29 is 27.5 Å². The predicted octanol–water partition coefficient (Wildman–Crippen LogP) is 4.54. The maximum atomic E-state index is 13.1. The summed E-state index contributed by atoms with van der Waals surface area (Å²) in [6.07, 6.45) is -3.03. The van der Waals surface area contributed by atoms with Crippen LogP contribution in [0.5, 0.6) is 0 Å². The zero-order valence-corrected chi connectivity index (χ0v) is 15.8. The molecule has 0 aliphatic heterocycles. The molecule has 1 N–H and O–H groups in total. The van der Waals surface area contributed by atoms with Crippen molar-refractivity contribution in [2.75, 3.05) is 11.9 Å². The lowest BCUT2D eigenvalue weighted by Gasteiger charge is -2.23. The van der Waals surface area contributed by atoms with Crippen molar-refractivity contribution >= 4 is 29.0 Å². The molecule has 0 bridgehead atoms. The molecule has 2 aromatic rings. The van der Waals surface area contributed by atoms with Gasteiger partial charge in [-0.15, -0.1) is 11.3 Å². The summed E-state index contributed by atoms with van der Waals surface area (Å²) >= 11 is 1.19. The van der Waals surface area contributed by atoms with Gasteiger partial charge in [-0.05, 0) is 31.9 Å². The summed E-state index contributed by atoms with van der Waals surface area (Å²) in [5.41, 5.74) is -1.05. The Balaban J connectivity index is 1.73. The number of hydrogen-bond donors (Lipinski definition) is 1. The Labute approximate surface area is 163 Å². The molecule has 1 aromatic heterocycles. The van der Waals surface area contributed by atoms with Gasteiger partial charge in [0.25, 0.3) is 0 Å². The molecule has 10 heteroatoms. The van der Waals surface area contributed by atoms with Crippen LogP contribution in [0.4, 0.5) is 23.7 Å². The molecule has 1 aromatic carbocycles. The molecule has 28 heavy (non-hydrogen) atoms. The smallest absolute Gasteiger partial charge is 0.418 e. The topological polar surface area (TPSA) is 71.5 Å². The second kappa shape index (κ2) is 8.17. The first-order valence-corrected chi connectivity index (χ1v) is 9.53. The average Bonchev–Trinajstić information content (AvgIpc) is 3.36. The third-order valence-electron chi connectivity index (χ3n) is 4.06. The highest BCUT2D eigenvalue weighted by Crippen LogP contribution is 2.35. The lowest BCUT2D eigenvalue weighted by Crippen LogP contribution is -2.36. The number of nitrogens with zero attached hydrogens (tertiary/aromatic N) is 2. The van der Waals surface area contributed by atoms with Crippen LogP contribution in [0.15, 0.2) is 29.6 Å². The Bertz CT molecular complexity index is 865. The number of amides is 2. The first kappa shape index (κ1) is 20.1. The van der Waals surface area contributed by atoms with Crippen molar-refractivity contribution in [1.82, 2.24) is 9.88 Å². The number of rotatable bonds is 6. The van der Waals surface area contributed by atoms with E-state index in [-0.39, 0.29) is 30.6 Å². The molecule has 0 unspecified atom stereocenters. The van der Waals surface area contributed by atoms with Gasteiger partial charge in [0.2, 0.25) is 0 Å². The van der Waals surface area contributed by atoms with Crippen molar-refractivity contribution in [1.29, 1.82) is 0 Å². The standard InChI is InChI=1S/C18H18F3N3O3S/c1-2-27-16(25)14-10-28-15(22-14)9-24(11-7-8-11)17(26)23-13-6-4-3-5-12(13)18(19,20)21/h3-6,10-11H,2,7-9H2,1H3,(H,23,26). The molecule has 2 amide bonds. The first-order valence-electron chi connectivity index (χ1n) is 8.65. The van der Waals surface area contributed by atoms with Crippen LogP contribution in [0.1, 0.15) is 40.8 Å². The quantitative estimate of drug-likeness (QED) is 0.706. The van der Waals surface area contributed by atoms with Crippen molar-refractivity contribution in [3.63, 3.8) is 0 Å². The van der Waals surface area contributed by atoms with Gasteiger partial charge >= 0.3 is 18.2 Å². The second-order valence-corrected chi connectivity index (χ2v) is 7.12.